The van der Waals surface area contributed by atoms with Crippen LogP contribution in [0.25, 0.3) is 0 Å². The van der Waals surface area contributed by atoms with Gasteiger partial charge in [-0.05, 0) is 12.1 Å². The Morgan fingerprint density at radius 2 is 2.28 bits per heavy atom. The second-order valence-electron chi connectivity index (χ2n) is 3.59. The van der Waals surface area contributed by atoms with Crippen LogP contribution in [0.3, 0.4) is 0 Å². The highest BCUT2D eigenvalue weighted by Crippen LogP contribution is 2.36. The summed E-state index contributed by atoms with van der Waals surface area (Å²) in [6.45, 7) is 1.66. The van der Waals surface area contributed by atoms with Crippen LogP contribution in [0, 0.1) is 0 Å². The molecule has 1 unspecified atom stereocenters. The molecule has 0 aliphatic carbocycles. The summed E-state index contributed by atoms with van der Waals surface area (Å²) in [5.74, 6) is 0.127. The summed E-state index contributed by atoms with van der Waals surface area (Å²) in [4.78, 5) is 11.1. The van der Waals surface area contributed by atoms with E-state index in [0.717, 1.165) is 0 Å². The van der Waals surface area contributed by atoms with E-state index in [1.807, 2.05) is 0 Å². The molecule has 0 radical (unpaired) electrons. The third kappa shape index (κ3) is 2.54. The van der Waals surface area contributed by atoms with Crippen LogP contribution < -0.4 is 14.8 Å². The molecule has 7 nitrogen and oxygen atoms in total. The number of carbonyl (C=O) groups is 1. The molecule has 0 aromatic heterocycles. The summed E-state index contributed by atoms with van der Waals surface area (Å²) in [6.07, 6.45) is 0.231. The lowest BCUT2D eigenvalue weighted by Gasteiger charge is -2.05. The fourth-order valence-electron chi connectivity index (χ4n) is 1.40. The van der Waals surface area contributed by atoms with Gasteiger partial charge in [0.15, 0.2) is 0 Å². The van der Waals surface area contributed by atoms with Crippen LogP contribution in [0.5, 0.6) is 11.5 Å². The summed E-state index contributed by atoms with van der Waals surface area (Å²) < 4.78 is 40.6. The van der Waals surface area contributed by atoms with Crippen LogP contribution >= 0.6 is 0 Å². The number of fused-ring (bicyclic) bond motifs is 1. The van der Waals surface area contributed by atoms with E-state index >= 15 is 0 Å². The Morgan fingerprint density at radius 3 is 2.89 bits per heavy atom. The van der Waals surface area contributed by atoms with Crippen molar-refractivity contribution in [3.63, 3.8) is 0 Å². The van der Waals surface area contributed by atoms with Gasteiger partial charge >= 0.3 is 16.1 Å². The van der Waals surface area contributed by atoms with E-state index in [2.05, 4.69) is 5.32 Å². The fraction of sp³-hybridized carbons (Fsp3) is 0.300. The second kappa shape index (κ2) is 4.46. The molecule has 0 amide bonds. The molecular weight excluding hydrogens is 262 g/mol. The highest BCUT2D eigenvalue weighted by Gasteiger charge is 2.32. The predicted molar refractivity (Wildman–Crippen MR) is 62.0 cm³/mol. The number of esters is 1. The van der Waals surface area contributed by atoms with Crippen molar-refractivity contribution in [3.05, 3.63) is 18.2 Å². The molecule has 18 heavy (non-hydrogen) atoms. The zero-order chi connectivity index (χ0) is 13.3. The van der Waals surface area contributed by atoms with Gasteiger partial charge in [-0.1, -0.05) is 6.92 Å². The molecule has 2 N–H and O–H groups in total. The number of anilines is 1. The molecule has 1 aliphatic rings. The van der Waals surface area contributed by atoms with Crippen molar-refractivity contribution in [1.29, 1.82) is 0 Å². The zero-order valence-electron chi connectivity index (χ0n) is 9.41. The SMILES string of the molecule is CCC(=O)Oc1ccc2c(c1)NC(S(=O)(=O)O)O2. The monoisotopic (exact) mass is 273 g/mol. The van der Waals surface area contributed by atoms with E-state index in [4.69, 9.17) is 14.0 Å². The van der Waals surface area contributed by atoms with Gasteiger partial charge in [-0.2, -0.15) is 8.42 Å². The first-order chi connectivity index (χ1) is 8.40. The quantitative estimate of drug-likeness (QED) is 0.480. The molecule has 1 heterocycles. The molecule has 0 spiro atoms. The highest BCUT2D eigenvalue weighted by atomic mass is 32.2. The average Bonchev–Trinajstić information content (AvgIpc) is 2.71. The number of rotatable bonds is 3. The number of carbonyl (C=O) groups excluding carboxylic acids is 1. The van der Waals surface area contributed by atoms with Crippen LogP contribution in [0.15, 0.2) is 18.2 Å². The second-order valence-corrected chi connectivity index (χ2v) is 5.05. The molecule has 0 fully saturated rings. The van der Waals surface area contributed by atoms with E-state index in [1.54, 1.807) is 6.92 Å². The fourth-order valence-corrected chi connectivity index (χ4v) is 1.90. The van der Waals surface area contributed by atoms with Gasteiger partial charge in [0, 0.05) is 12.5 Å². The average molecular weight is 273 g/mol. The lowest BCUT2D eigenvalue weighted by Crippen LogP contribution is -2.30. The Morgan fingerprint density at radius 1 is 1.56 bits per heavy atom. The van der Waals surface area contributed by atoms with Gasteiger partial charge in [-0.25, -0.2) is 0 Å². The Kier molecular flexibility index (Phi) is 3.14. The summed E-state index contributed by atoms with van der Waals surface area (Å²) >= 11 is 0. The highest BCUT2D eigenvalue weighted by molar-refractivity contribution is 7.86. The van der Waals surface area contributed by atoms with Gasteiger partial charge in [-0.15, -0.1) is 0 Å². The molecule has 1 aromatic carbocycles. The smallest absolute Gasteiger partial charge is 0.323 e. The van der Waals surface area contributed by atoms with E-state index in [1.165, 1.54) is 18.2 Å². The number of nitrogens with one attached hydrogen (secondary N) is 1. The van der Waals surface area contributed by atoms with E-state index in [0.29, 0.717) is 5.69 Å². The van der Waals surface area contributed by atoms with Crippen molar-refractivity contribution >= 4 is 21.8 Å². The largest absolute Gasteiger partial charge is 0.452 e. The minimum Gasteiger partial charge on any atom is -0.452 e. The van der Waals surface area contributed by atoms with Gasteiger partial charge in [0.05, 0.1) is 5.69 Å². The Hall–Kier alpha value is -1.80. The molecular formula is C10H11NO6S. The van der Waals surface area contributed by atoms with Gasteiger partial charge < -0.3 is 14.8 Å². The van der Waals surface area contributed by atoms with Crippen LogP contribution in [0.4, 0.5) is 5.69 Å². The maximum Gasteiger partial charge on any atom is 0.323 e. The molecule has 1 aromatic rings. The Balaban J connectivity index is 2.20. The standard InChI is InChI=1S/C10H11NO6S/c1-2-9(12)16-6-3-4-8-7(5-6)11-10(17-8)18(13,14)15/h3-5,10-11H,2H2,1H3,(H,13,14,15). The van der Waals surface area contributed by atoms with Gasteiger partial charge in [-0.3, -0.25) is 9.35 Å². The number of hydrogen-bond acceptors (Lipinski definition) is 6. The third-order valence-corrected chi connectivity index (χ3v) is 3.00. The number of benzene rings is 1. The maximum absolute atomic E-state index is 11.1. The summed E-state index contributed by atoms with van der Waals surface area (Å²) in [7, 11) is -4.35. The lowest BCUT2D eigenvalue weighted by atomic mass is 10.3. The minimum absolute atomic E-state index is 0.231. The van der Waals surface area contributed by atoms with Crippen molar-refractivity contribution < 1.29 is 27.2 Å². The molecule has 98 valence electrons. The Labute approximate surface area is 103 Å². The molecule has 0 saturated heterocycles. The van der Waals surface area contributed by atoms with Crippen molar-refractivity contribution in [2.24, 2.45) is 0 Å². The topological polar surface area (TPSA) is 102 Å². The van der Waals surface area contributed by atoms with Gasteiger partial charge in [0.1, 0.15) is 11.5 Å². The van der Waals surface area contributed by atoms with Gasteiger partial charge in [0.2, 0.25) is 0 Å². The van der Waals surface area contributed by atoms with Crippen LogP contribution in [0.1, 0.15) is 13.3 Å². The summed E-state index contributed by atoms with van der Waals surface area (Å²) in [6, 6.07) is 4.35. The molecule has 8 heteroatoms. The normalized spacial score (nSPS) is 17.6. The first kappa shape index (κ1) is 12.7. The molecule has 1 aliphatic heterocycles. The van der Waals surface area contributed by atoms with E-state index in [-0.39, 0.29) is 17.9 Å². The third-order valence-electron chi connectivity index (χ3n) is 2.25. The summed E-state index contributed by atoms with van der Waals surface area (Å²) in [5, 5.41) is 2.45. The van der Waals surface area contributed by atoms with E-state index in [9.17, 15) is 13.2 Å². The molecule has 2 rings (SSSR count). The van der Waals surface area contributed by atoms with Crippen molar-refractivity contribution in [2.45, 2.75) is 18.9 Å². The van der Waals surface area contributed by atoms with Crippen LogP contribution in [-0.2, 0) is 14.9 Å². The number of ether oxygens (including phenoxy) is 2. The van der Waals surface area contributed by atoms with Gasteiger partial charge in [0.25, 0.3) is 5.56 Å². The Bertz CT molecular complexity index is 582. The molecule has 1 atom stereocenters. The predicted octanol–water partition coefficient (Wildman–Crippen LogP) is 0.978. The minimum atomic E-state index is -4.35. The zero-order valence-corrected chi connectivity index (χ0v) is 10.2. The molecule has 0 bridgehead atoms. The first-order valence-corrected chi connectivity index (χ1v) is 6.64. The van der Waals surface area contributed by atoms with Crippen LogP contribution in [0.2, 0.25) is 0 Å². The molecule has 0 saturated carbocycles. The van der Waals surface area contributed by atoms with E-state index < -0.39 is 21.6 Å². The van der Waals surface area contributed by atoms with Crippen molar-refractivity contribution in [2.75, 3.05) is 5.32 Å². The van der Waals surface area contributed by atoms with Crippen LogP contribution in [-0.4, -0.2) is 24.5 Å². The lowest BCUT2D eigenvalue weighted by molar-refractivity contribution is -0.134. The van der Waals surface area contributed by atoms with Crippen molar-refractivity contribution in [1.82, 2.24) is 0 Å². The number of hydrogen-bond donors (Lipinski definition) is 2. The van der Waals surface area contributed by atoms with Crippen molar-refractivity contribution in [3.8, 4) is 11.5 Å². The first-order valence-electron chi connectivity index (χ1n) is 5.14. The summed E-state index contributed by atoms with van der Waals surface area (Å²) in [5.41, 5.74) is -1.20. The maximum atomic E-state index is 11.1.